The maximum absolute atomic E-state index is 9.38. The topological polar surface area (TPSA) is 60.7 Å². The van der Waals surface area contributed by atoms with Crippen molar-refractivity contribution in [3.8, 4) is 17.2 Å². The molecule has 0 unspecified atom stereocenters. The molecule has 3 nitrogen and oxygen atoms in total. The number of hydrogen-bond acceptors (Lipinski definition) is 3. The Bertz CT molecular complexity index is 920. The van der Waals surface area contributed by atoms with E-state index >= 15 is 0 Å². The van der Waals surface area contributed by atoms with Crippen molar-refractivity contribution in [2.24, 2.45) is 0 Å². The fraction of sp³-hybridized carbons (Fsp3) is 0. The van der Waals surface area contributed by atoms with E-state index in [2.05, 4.69) is 0 Å². The third-order valence-electron chi connectivity index (χ3n) is 3.61. The maximum atomic E-state index is 9.38. The van der Waals surface area contributed by atoms with Gasteiger partial charge >= 0.3 is 0 Å². The lowest BCUT2D eigenvalue weighted by molar-refractivity contribution is 0.475. The lowest BCUT2D eigenvalue weighted by Crippen LogP contribution is -1.73. The van der Waals surface area contributed by atoms with Gasteiger partial charge in [-0.25, -0.2) is 0 Å². The Hall–Kier alpha value is -3.20. The van der Waals surface area contributed by atoms with E-state index in [1.165, 1.54) is 0 Å². The average molecular weight is 304 g/mol. The highest BCUT2D eigenvalue weighted by molar-refractivity contribution is 5.92. The Morgan fingerprint density at radius 1 is 0.478 bits per heavy atom. The van der Waals surface area contributed by atoms with E-state index in [0.29, 0.717) is 16.5 Å². The fourth-order valence-corrected chi connectivity index (χ4v) is 2.45. The second-order valence-corrected chi connectivity index (χ2v) is 5.18. The first kappa shape index (κ1) is 14.7. The zero-order chi connectivity index (χ0) is 16.2. The van der Waals surface area contributed by atoms with Gasteiger partial charge < -0.3 is 15.3 Å². The molecule has 4 rings (SSSR count). The molecule has 4 aromatic rings. The normalized spacial score (nSPS) is 10.3. The quantitative estimate of drug-likeness (QED) is 0.437. The van der Waals surface area contributed by atoms with Crippen molar-refractivity contribution in [1.82, 2.24) is 0 Å². The van der Waals surface area contributed by atoms with Crippen molar-refractivity contribution < 1.29 is 15.3 Å². The first-order valence-electron chi connectivity index (χ1n) is 7.22. The van der Waals surface area contributed by atoms with Gasteiger partial charge in [-0.2, -0.15) is 0 Å². The third-order valence-corrected chi connectivity index (χ3v) is 3.61. The highest BCUT2D eigenvalue weighted by atomic mass is 16.3. The molecule has 0 bridgehead atoms. The molecular weight excluding hydrogens is 288 g/mol. The summed E-state index contributed by atoms with van der Waals surface area (Å²) in [5.41, 5.74) is 0. The van der Waals surface area contributed by atoms with Gasteiger partial charge in [0.2, 0.25) is 0 Å². The summed E-state index contributed by atoms with van der Waals surface area (Å²) in [5.74, 6) is 0.718. The molecule has 0 saturated heterocycles. The summed E-state index contributed by atoms with van der Waals surface area (Å²) in [6, 6.07) is 23.5. The van der Waals surface area contributed by atoms with E-state index in [1.807, 2.05) is 30.3 Å². The van der Waals surface area contributed by atoms with Crippen molar-refractivity contribution in [1.29, 1.82) is 0 Å². The van der Waals surface area contributed by atoms with Gasteiger partial charge in [0.1, 0.15) is 17.2 Å². The predicted molar refractivity (Wildman–Crippen MR) is 92.9 cm³/mol. The summed E-state index contributed by atoms with van der Waals surface area (Å²) in [6.07, 6.45) is 0. The summed E-state index contributed by atoms with van der Waals surface area (Å²) < 4.78 is 0. The van der Waals surface area contributed by atoms with Crippen LogP contribution in [0.15, 0.2) is 78.9 Å². The Morgan fingerprint density at radius 2 is 1.04 bits per heavy atom. The minimum Gasteiger partial charge on any atom is -0.508 e. The lowest BCUT2D eigenvalue weighted by atomic mass is 10.1. The van der Waals surface area contributed by atoms with E-state index in [-0.39, 0.29) is 11.5 Å². The zero-order valence-corrected chi connectivity index (χ0v) is 12.3. The summed E-state index contributed by atoms with van der Waals surface area (Å²) in [5, 5.41) is 31.5. The minimum absolute atomic E-state index is 0.198. The van der Waals surface area contributed by atoms with Crippen LogP contribution in [0.3, 0.4) is 0 Å². The van der Waals surface area contributed by atoms with Gasteiger partial charge in [-0.15, -0.1) is 0 Å². The van der Waals surface area contributed by atoms with Crippen LogP contribution in [0.25, 0.3) is 21.5 Å². The van der Waals surface area contributed by atoms with Crippen LogP contribution in [-0.2, 0) is 0 Å². The predicted octanol–water partition coefficient (Wildman–Crippen LogP) is 4.80. The van der Waals surface area contributed by atoms with Gasteiger partial charge in [0.15, 0.2) is 0 Å². The van der Waals surface area contributed by atoms with Gasteiger partial charge in [-0.3, -0.25) is 0 Å². The minimum atomic E-state index is 0.198. The second-order valence-electron chi connectivity index (χ2n) is 5.18. The molecular formula is C20H16O3. The Labute approximate surface area is 133 Å². The fourth-order valence-electron chi connectivity index (χ4n) is 2.45. The third kappa shape index (κ3) is 3.19. The standard InChI is InChI=1S/C10H8O2.C10H8O/c11-9-5-1-3-7-8(9)4-2-6-10(7)12;11-10-6-5-8-3-1-2-4-9(8)7-10/h1-6,11-12H;1-7,11H. The highest BCUT2D eigenvalue weighted by Crippen LogP contribution is 2.29. The van der Waals surface area contributed by atoms with Crippen LogP contribution < -0.4 is 0 Å². The number of aromatic hydroxyl groups is 3. The summed E-state index contributed by atoms with van der Waals surface area (Å²) in [4.78, 5) is 0. The SMILES string of the molecule is Oc1ccc2ccccc2c1.Oc1cccc2c(O)cccc12. The van der Waals surface area contributed by atoms with Crippen LogP contribution in [0.4, 0.5) is 0 Å². The molecule has 23 heavy (non-hydrogen) atoms. The van der Waals surface area contributed by atoms with Crippen molar-refractivity contribution >= 4 is 21.5 Å². The Morgan fingerprint density at radius 3 is 1.65 bits per heavy atom. The Balaban J connectivity index is 0.000000136. The van der Waals surface area contributed by atoms with Crippen LogP contribution in [0.5, 0.6) is 17.2 Å². The van der Waals surface area contributed by atoms with Gasteiger partial charge in [-0.05, 0) is 35.0 Å². The van der Waals surface area contributed by atoms with Crippen LogP contribution in [-0.4, -0.2) is 15.3 Å². The van der Waals surface area contributed by atoms with E-state index in [1.54, 1.807) is 48.5 Å². The molecule has 0 aliphatic rings. The van der Waals surface area contributed by atoms with E-state index in [9.17, 15) is 10.2 Å². The summed E-state index contributed by atoms with van der Waals surface area (Å²) in [6.45, 7) is 0. The molecule has 0 aromatic heterocycles. The molecule has 0 spiro atoms. The van der Waals surface area contributed by atoms with Crippen LogP contribution in [0.1, 0.15) is 0 Å². The lowest BCUT2D eigenvalue weighted by Gasteiger charge is -2.01. The molecule has 3 N–H and O–H groups in total. The summed E-state index contributed by atoms with van der Waals surface area (Å²) >= 11 is 0. The van der Waals surface area contributed by atoms with E-state index < -0.39 is 0 Å². The largest absolute Gasteiger partial charge is 0.508 e. The molecule has 0 amide bonds. The molecule has 0 aliphatic heterocycles. The van der Waals surface area contributed by atoms with Gasteiger partial charge in [0, 0.05) is 10.8 Å². The maximum Gasteiger partial charge on any atom is 0.123 e. The number of fused-ring (bicyclic) bond motifs is 2. The van der Waals surface area contributed by atoms with E-state index in [4.69, 9.17) is 5.11 Å². The smallest absolute Gasteiger partial charge is 0.123 e. The Kier molecular flexibility index (Phi) is 4.02. The van der Waals surface area contributed by atoms with Crippen LogP contribution in [0.2, 0.25) is 0 Å². The monoisotopic (exact) mass is 304 g/mol. The molecule has 4 aromatic carbocycles. The zero-order valence-electron chi connectivity index (χ0n) is 12.3. The van der Waals surface area contributed by atoms with Crippen molar-refractivity contribution in [3.63, 3.8) is 0 Å². The van der Waals surface area contributed by atoms with Crippen LogP contribution >= 0.6 is 0 Å². The molecule has 0 radical (unpaired) electrons. The van der Waals surface area contributed by atoms with Gasteiger partial charge in [0.05, 0.1) is 0 Å². The first-order valence-corrected chi connectivity index (χ1v) is 7.22. The molecule has 114 valence electrons. The van der Waals surface area contributed by atoms with Crippen molar-refractivity contribution in [3.05, 3.63) is 78.9 Å². The van der Waals surface area contributed by atoms with Crippen molar-refractivity contribution in [2.75, 3.05) is 0 Å². The highest BCUT2D eigenvalue weighted by Gasteiger charge is 2.00. The second kappa shape index (κ2) is 6.28. The molecule has 0 heterocycles. The molecule has 3 heteroatoms. The number of rotatable bonds is 0. The van der Waals surface area contributed by atoms with E-state index in [0.717, 1.165) is 10.8 Å². The molecule has 0 fully saturated rings. The van der Waals surface area contributed by atoms with Crippen molar-refractivity contribution in [2.45, 2.75) is 0 Å². The van der Waals surface area contributed by atoms with Crippen LogP contribution in [0, 0.1) is 0 Å². The molecule has 0 atom stereocenters. The van der Waals surface area contributed by atoms with Gasteiger partial charge in [-0.1, -0.05) is 54.6 Å². The number of phenols is 3. The number of benzene rings is 4. The average Bonchev–Trinajstić information content (AvgIpc) is 2.56. The molecule has 0 saturated carbocycles. The summed E-state index contributed by atoms with van der Waals surface area (Å²) in [7, 11) is 0. The molecule has 0 aliphatic carbocycles. The number of phenolic OH excluding ortho intramolecular Hbond substituents is 3. The van der Waals surface area contributed by atoms with Gasteiger partial charge in [0.25, 0.3) is 0 Å². The first-order chi connectivity index (χ1) is 11.1. The number of hydrogen-bond donors (Lipinski definition) is 3.